The molecule has 0 bridgehead atoms. The van der Waals surface area contributed by atoms with Gasteiger partial charge in [-0.25, -0.2) is 0 Å². The van der Waals surface area contributed by atoms with Crippen LogP contribution in [0.15, 0.2) is 39.6 Å². The van der Waals surface area contributed by atoms with E-state index in [1.165, 1.54) is 4.90 Å². The SMILES string of the molecule is NCc1nnc(CSc2ccccc2)o1. The molecule has 0 atom stereocenters. The van der Waals surface area contributed by atoms with E-state index in [1.54, 1.807) is 11.8 Å². The second-order valence-electron chi connectivity index (χ2n) is 2.90. The van der Waals surface area contributed by atoms with Gasteiger partial charge in [0.05, 0.1) is 12.3 Å². The summed E-state index contributed by atoms with van der Waals surface area (Å²) in [5, 5.41) is 7.68. The van der Waals surface area contributed by atoms with E-state index in [1.807, 2.05) is 30.3 Å². The van der Waals surface area contributed by atoms with Gasteiger partial charge in [-0.2, -0.15) is 0 Å². The fourth-order valence-electron chi connectivity index (χ4n) is 1.09. The molecule has 0 aliphatic heterocycles. The van der Waals surface area contributed by atoms with Crippen molar-refractivity contribution < 1.29 is 4.42 Å². The van der Waals surface area contributed by atoms with Crippen molar-refractivity contribution >= 4 is 11.8 Å². The van der Waals surface area contributed by atoms with Crippen LogP contribution in [0.1, 0.15) is 11.8 Å². The molecule has 0 aliphatic rings. The minimum Gasteiger partial charge on any atom is -0.423 e. The third kappa shape index (κ3) is 2.81. The number of rotatable bonds is 4. The average molecular weight is 221 g/mol. The van der Waals surface area contributed by atoms with Crippen LogP contribution in [-0.2, 0) is 12.3 Å². The Labute approximate surface area is 91.9 Å². The number of benzene rings is 1. The van der Waals surface area contributed by atoms with E-state index in [2.05, 4.69) is 10.2 Å². The van der Waals surface area contributed by atoms with Crippen molar-refractivity contribution in [3.05, 3.63) is 42.1 Å². The Morgan fingerprint density at radius 2 is 1.87 bits per heavy atom. The molecule has 15 heavy (non-hydrogen) atoms. The van der Waals surface area contributed by atoms with Gasteiger partial charge in [-0.1, -0.05) is 18.2 Å². The van der Waals surface area contributed by atoms with Gasteiger partial charge in [0.25, 0.3) is 0 Å². The summed E-state index contributed by atoms with van der Waals surface area (Å²) in [7, 11) is 0. The van der Waals surface area contributed by atoms with E-state index >= 15 is 0 Å². The van der Waals surface area contributed by atoms with Crippen LogP contribution in [0.25, 0.3) is 0 Å². The van der Waals surface area contributed by atoms with E-state index in [9.17, 15) is 0 Å². The number of hydrogen-bond donors (Lipinski definition) is 1. The largest absolute Gasteiger partial charge is 0.423 e. The number of nitrogens with two attached hydrogens (primary N) is 1. The van der Waals surface area contributed by atoms with Gasteiger partial charge in [-0.05, 0) is 12.1 Å². The summed E-state index contributed by atoms with van der Waals surface area (Å²) in [4.78, 5) is 1.19. The third-order valence-electron chi connectivity index (χ3n) is 1.79. The van der Waals surface area contributed by atoms with Crippen LogP contribution < -0.4 is 5.73 Å². The zero-order valence-corrected chi connectivity index (χ0v) is 8.91. The highest BCUT2D eigenvalue weighted by Gasteiger charge is 2.04. The molecule has 4 nitrogen and oxygen atoms in total. The monoisotopic (exact) mass is 221 g/mol. The van der Waals surface area contributed by atoms with Crippen LogP contribution in [0, 0.1) is 0 Å². The maximum atomic E-state index is 5.37. The Balaban J connectivity index is 1.93. The molecule has 2 rings (SSSR count). The van der Waals surface area contributed by atoms with Gasteiger partial charge in [-0.3, -0.25) is 0 Å². The smallest absolute Gasteiger partial charge is 0.230 e. The van der Waals surface area contributed by atoms with E-state index in [-0.39, 0.29) is 0 Å². The van der Waals surface area contributed by atoms with Crippen LogP contribution in [0.5, 0.6) is 0 Å². The summed E-state index contributed by atoms with van der Waals surface area (Å²) in [5.74, 6) is 1.78. The predicted octanol–water partition coefficient (Wildman–Crippen LogP) is 1.82. The molecule has 2 N–H and O–H groups in total. The molecule has 0 unspecified atom stereocenters. The van der Waals surface area contributed by atoms with Crippen molar-refractivity contribution in [2.75, 3.05) is 0 Å². The lowest BCUT2D eigenvalue weighted by Gasteiger charge is -1.96. The fraction of sp³-hybridized carbons (Fsp3) is 0.200. The van der Waals surface area contributed by atoms with Crippen LogP contribution >= 0.6 is 11.8 Å². The van der Waals surface area contributed by atoms with E-state index in [0.717, 1.165) is 0 Å². The number of thioether (sulfide) groups is 1. The van der Waals surface area contributed by atoms with Crippen LogP contribution in [-0.4, -0.2) is 10.2 Å². The van der Waals surface area contributed by atoms with Gasteiger partial charge in [0.2, 0.25) is 11.8 Å². The lowest BCUT2D eigenvalue weighted by molar-refractivity contribution is 0.467. The molecule has 5 heteroatoms. The number of hydrogen-bond acceptors (Lipinski definition) is 5. The maximum absolute atomic E-state index is 5.37. The van der Waals surface area contributed by atoms with Gasteiger partial charge < -0.3 is 10.2 Å². The zero-order chi connectivity index (χ0) is 10.5. The van der Waals surface area contributed by atoms with Crippen LogP contribution in [0.2, 0.25) is 0 Å². The molecule has 2 aromatic rings. The fourth-order valence-corrected chi connectivity index (χ4v) is 1.85. The zero-order valence-electron chi connectivity index (χ0n) is 8.09. The Bertz CT molecular complexity index is 416. The summed E-state index contributed by atoms with van der Waals surface area (Å²) < 4.78 is 5.29. The van der Waals surface area contributed by atoms with Gasteiger partial charge in [0, 0.05) is 4.90 Å². The molecule has 0 radical (unpaired) electrons. The topological polar surface area (TPSA) is 64.9 Å². The Kier molecular flexibility index (Phi) is 3.37. The first-order chi connectivity index (χ1) is 7.38. The average Bonchev–Trinajstić information content (AvgIpc) is 2.76. The van der Waals surface area contributed by atoms with E-state index in [4.69, 9.17) is 10.2 Å². The maximum Gasteiger partial charge on any atom is 0.230 e. The molecule has 1 aromatic heterocycles. The summed E-state index contributed by atoms with van der Waals surface area (Å²) in [6.07, 6.45) is 0. The first-order valence-corrected chi connectivity index (χ1v) is 5.56. The first-order valence-electron chi connectivity index (χ1n) is 4.57. The molecular weight excluding hydrogens is 210 g/mol. The van der Waals surface area contributed by atoms with Crippen molar-refractivity contribution in [2.45, 2.75) is 17.2 Å². The second-order valence-corrected chi connectivity index (χ2v) is 3.94. The molecule has 0 aliphatic carbocycles. The lowest BCUT2D eigenvalue weighted by Crippen LogP contribution is -1.95. The third-order valence-corrected chi connectivity index (χ3v) is 2.79. The van der Waals surface area contributed by atoms with E-state index in [0.29, 0.717) is 24.1 Å². The van der Waals surface area contributed by atoms with Crippen molar-refractivity contribution in [3.8, 4) is 0 Å². The van der Waals surface area contributed by atoms with Gasteiger partial charge in [0.15, 0.2) is 0 Å². The first kappa shape index (κ1) is 10.2. The van der Waals surface area contributed by atoms with Crippen molar-refractivity contribution in [3.63, 3.8) is 0 Å². The molecule has 78 valence electrons. The summed E-state index contributed by atoms with van der Waals surface area (Å²) in [6, 6.07) is 10.1. The second kappa shape index (κ2) is 4.95. The quantitative estimate of drug-likeness (QED) is 0.798. The van der Waals surface area contributed by atoms with Gasteiger partial charge >= 0.3 is 0 Å². The van der Waals surface area contributed by atoms with E-state index < -0.39 is 0 Å². The van der Waals surface area contributed by atoms with Crippen LogP contribution in [0.3, 0.4) is 0 Å². The predicted molar refractivity (Wildman–Crippen MR) is 58.2 cm³/mol. The minimum absolute atomic E-state index is 0.295. The molecule has 0 spiro atoms. The normalized spacial score (nSPS) is 10.5. The summed E-state index contributed by atoms with van der Waals surface area (Å²) >= 11 is 1.66. The molecular formula is C10H11N3OS. The minimum atomic E-state index is 0.295. The Morgan fingerprint density at radius 1 is 1.13 bits per heavy atom. The Morgan fingerprint density at radius 3 is 2.53 bits per heavy atom. The highest BCUT2D eigenvalue weighted by Crippen LogP contribution is 2.21. The summed E-state index contributed by atoms with van der Waals surface area (Å²) in [6.45, 7) is 0.295. The van der Waals surface area contributed by atoms with Crippen LogP contribution in [0.4, 0.5) is 0 Å². The van der Waals surface area contributed by atoms with Crippen molar-refractivity contribution in [1.29, 1.82) is 0 Å². The van der Waals surface area contributed by atoms with Crippen molar-refractivity contribution in [2.24, 2.45) is 5.73 Å². The molecule has 0 saturated heterocycles. The molecule has 0 fully saturated rings. The number of aromatic nitrogens is 2. The summed E-state index contributed by atoms with van der Waals surface area (Å²) in [5.41, 5.74) is 5.37. The van der Waals surface area contributed by atoms with Gasteiger partial charge in [0.1, 0.15) is 0 Å². The van der Waals surface area contributed by atoms with Crippen molar-refractivity contribution in [1.82, 2.24) is 10.2 Å². The highest BCUT2D eigenvalue weighted by molar-refractivity contribution is 7.98. The van der Waals surface area contributed by atoms with Gasteiger partial charge in [-0.15, -0.1) is 22.0 Å². The standard InChI is InChI=1S/C10H11N3OS/c11-6-9-12-13-10(14-9)7-15-8-4-2-1-3-5-8/h1-5H,6-7,11H2. The molecule has 0 amide bonds. The molecule has 0 saturated carbocycles. The lowest BCUT2D eigenvalue weighted by atomic mass is 10.4. The number of nitrogens with zero attached hydrogens (tertiary/aromatic N) is 2. The molecule has 1 heterocycles. The highest BCUT2D eigenvalue weighted by atomic mass is 32.2. The molecule has 1 aromatic carbocycles. The Hall–Kier alpha value is -1.33.